The van der Waals surface area contributed by atoms with Crippen LogP contribution in [-0.2, 0) is 14.3 Å². The van der Waals surface area contributed by atoms with Crippen molar-refractivity contribution in [2.45, 2.75) is 38.8 Å². The zero-order valence-corrected chi connectivity index (χ0v) is 18.7. The van der Waals surface area contributed by atoms with Crippen LogP contribution in [0.25, 0.3) is 0 Å². The number of ether oxygens (including phenoxy) is 1. The molecule has 2 heterocycles. The van der Waals surface area contributed by atoms with Crippen LogP contribution in [0.3, 0.4) is 0 Å². The van der Waals surface area contributed by atoms with E-state index in [0.717, 1.165) is 23.4 Å². The van der Waals surface area contributed by atoms with Gasteiger partial charge in [0, 0.05) is 42.5 Å². The number of likely N-dealkylation sites (tertiary alicyclic amines) is 1. The van der Waals surface area contributed by atoms with Gasteiger partial charge < -0.3 is 19.9 Å². The first-order valence-corrected chi connectivity index (χ1v) is 11.1. The Kier molecular flexibility index (Phi) is 6.17. The summed E-state index contributed by atoms with van der Waals surface area (Å²) in [5.41, 5.74) is 3.57. The van der Waals surface area contributed by atoms with E-state index in [1.54, 1.807) is 17.0 Å². The minimum absolute atomic E-state index is 0.0693. The molecule has 2 aromatic rings. The van der Waals surface area contributed by atoms with Crippen LogP contribution in [0.4, 0.5) is 11.4 Å². The van der Waals surface area contributed by atoms with Crippen LogP contribution in [-0.4, -0.2) is 48.9 Å². The van der Waals surface area contributed by atoms with Crippen LogP contribution in [0, 0.1) is 5.92 Å². The molecule has 0 unspecified atom stereocenters. The Bertz CT molecular complexity index is 1010. The van der Waals surface area contributed by atoms with Crippen molar-refractivity contribution in [2.24, 2.45) is 5.92 Å². The van der Waals surface area contributed by atoms with Gasteiger partial charge in [0.15, 0.2) is 0 Å². The third-order valence-corrected chi connectivity index (χ3v) is 6.34. The number of hydrogen-bond donors (Lipinski definition) is 1. The first-order valence-electron chi connectivity index (χ1n) is 11.1. The average Bonchev–Trinajstić information content (AvgIpc) is 2.78. The van der Waals surface area contributed by atoms with Gasteiger partial charge in [0.1, 0.15) is 0 Å². The van der Waals surface area contributed by atoms with Crippen LogP contribution in [0.1, 0.15) is 48.7 Å². The molecule has 2 aliphatic heterocycles. The van der Waals surface area contributed by atoms with Gasteiger partial charge in [-0.15, -0.1) is 0 Å². The van der Waals surface area contributed by atoms with Gasteiger partial charge in [-0.05, 0) is 49.2 Å². The minimum Gasteiger partial charge on any atom is -0.469 e. The Balaban J connectivity index is 1.45. The Morgan fingerprint density at radius 1 is 1.06 bits per heavy atom. The second-order valence-corrected chi connectivity index (χ2v) is 8.47. The monoisotopic (exact) mass is 435 g/mol. The number of methoxy groups -OCH3 is 1. The van der Waals surface area contributed by atoms with Crippen LogP contribution in [0.2, 0.25) is 0 Å². The van der Waals surface area contributed by atoms with Gasteiger partial charge in [-0.2, -0.15) is 0 Å². The number of carbonyl (C=O) groups is 3. The summed E-state index contributed by atoms with van der Waals surface area (Å²) in [6.07, 6.45) is 1.27. The SMILES string of the molecule is CCC(=O)N1c2ccccc2[C@H](Nc2ccc(C(=O)N3CC(C(=O)OC)C3)cc2)C[C@@H]1C. The largest absolute Gasteiger partial charge is 0.469 e. The number of carbonyl (C=O) groups excluding carboxylic acids is 3. The van der Waals surface area contributed by atoms with E-state index in [9.17, 15) is 14.4 Å². The second-order valence-electron chi connectivity index (χ2n) is 8.47. The van der Waals surface area contributed by atoms with Crippen molar-refractivity contribution >= 4 is 29.2 Å². The number of amides is 2. The number of anilines is 2. The summed E-state index contributed by atoms with van der Waals surface area (Å²) in [6.45, 7) is 4.76. The Morgan fingerprint density at radius 3 is 2.41 bits per heavy atom. The standard InChI is InChI=1S/C25H29N3O4/c1-4-23(29)28-16(2)13-21(20-7-5-6-8-22(20)28)26-19-11-9-17(10-12-19)24(30)27-14-18(15-27)25(31)32-3/h5-12,16,18,21,26H,4,13-15H2,1-3H3/t16-,21+/m0/s1. The van der Waals surface area contributed by atoms with Crippen LogP contribution in [0.15, 0.2) is 48.5 Å². The van der Waals surface area contributed by atoms with Gasteiger partial charge in [-0.25, -0.2) is 0 Å². The molecule has 1 fully saturated rings. The average molecular weight is 436 g/mol. The number of nitrogens with zero attached hydrogens (tertiary/aromatic N) is 2. The highest BCUT2D eigenvalue weighted by Crippen LogP contribution is 2.39. The maximum atomic E-state index is 12.6. The quantitative estimate of drug-likeness (QED) is 0.726. The highest BCUT2D eigenvalue weighted by Gasteiger charge is 2.37. The van der Waals surface area contributed by atoms with E-state index in [1.807, 2.05) is 42.2 Å². The van der Waals surface area contributed by atoms with E-state index in [-0.39, 0.29) is 35.8 Å². The van der Waals surface area contributed by atoms with E-state index in [1.165, 1.54) is 7.11 Å². The number of nitrogens with one attached hydrogen (secondary N) is 1. The number of rotatable bonds is 5. The lowest BCUT2D eigenvalue weighted by molar-refractivity contribution is -0.149. The molecule has 1 saturated heterocycles. The highest BCUT2D eigenvalue weighted by atomic mass is 16.5. The smallest absolute Gasteiger partial charge is 0.312 e. The molecule has 32 heavy (non-hydrogen) atoms. The fraction of sp³-hybridized carbons (Fsp3) is 0.400. The third-order valence-electron chi connectivity index (χ3n) is 6.34. The van der Waals surface area contributed by atoms with Gasteiger partial charge in [0.25, 0.3) is 5.91 Å². The summed E-state index contributed by atoms with van der Waals surface area (Å²) in [4.78, 5) is 40.2. The zero-order chi connectivity index (χ0) is 22.8. The summed E-state index contributed by atoms with van der Waals surface area (Å²) in [5, 5.41) is 3.57. The lowest BCUT2D eigenvalue weighted by Gasteiger charge is -2.40. The van der Waals surface area contributed by atoms with Gasteiger partial charge in [0.2, 0.25) is 5.91 Å². The van der Waals surface area contributed by atoms with Crippen molar-refractivity contribution in [3.63, 3.8) is 0 Å². The molecule has 4 rings (SSSR count). The molecule has 168 valence electrons. The van der Waals surface area contributed by atoms with Crippen molar-refractivity contribution in [1.29, 1.82) is 0 Å². The first-order chi connectivity index (χ1) is 15.4. The van der Waals surface area contributed by atoms with Crippen LogP contribution in [0.5, 0.6) is 0 Å². The molecule has 2 aliphatic rings. The van der Waals surface area contributed by atoms with Crippen LogP contribution >= 0.6 is 0 Å². The van der Waals surface area contributed by atoms with Crippen LogP contribution < -0.4 is 10.2 Å². The third kappa shape index (κ3) is 4.07. The molecule has 1 N–H and O–H groups in total. The van der Waals surface area contributed by atoms with E-state index < -0.39 is 0 Å². The number of esters is 1. The van der Waals surface area contributed by atoms with Gasteiger partial charge in [-0.1, -0.05) is 25.1 Å². The molecule has 7 nitrogen and oxygen atoms in total. The maximum Gasteiger partial charge on any atom is 0.312 e. The summed E-state index contributed by atoms with van der Waals surface area (Å²) in [5.74, 6) is -0.444. The fourth-order valence-electron chi connectivity index (χ4n) is 4.55. The minimum atomic E-state index is -0.269. The summed E-state index contributed by atoms with van der Waals surface area (Å²) in [7, 11) is 1.36. The summed E-state index contributed by atoms with van der Waals surface area (Å²) >= 11 is 0. The Morgan fingerprint density at radius 2 is 1.75 bits per heavy atom. The maximum absolute atomic E-state index is 12.6. The number of para-hydroxylation sites is 1. The number of fused-ring (bicyclic) bond motifs is 1. The molecule has 2 amide bonds. The highest BCUT2D eigenvalue weighted by molar-refractivity contribution is 5.96. The molecule has 0 saturated carbocycles. The first kappa shape index (κ1) is 21.9. The normalized spacial score (nSPS) is 20.2. The predicted octanol–water partition coefficient (Wildman–Crippen LogP) is 3.62. The number of hydrogen-bond acceptors (Lipinski definition) is 5. The zero-order valence-electron chi connectivity index (χ0n) is 18.7. The molecule has 0 radical (unpaired) electrons. The molecule has 0 aliphatic carbocycles. The lowest BCUT2D eigenvalue weighted by Crippen LogP contribution is -2.53. The van der Waals surface area contributed by atoms with Gasteiger partial charge >= 0.3 is 5.97 Å². The van der Waals surface area contributed by atoms with Crippen molar-refractivity contribution in [1.82, 2.24) is 4.90 Å². The van der Waals surface area contributed by atoms with Crippen molar-refractivity contribution in [3.8, 4) is 0 Å². The molecule has 7 heteroatoms. The molecule has 0 spiro atoms. The van der Waals surface area contributed by atoms with Crippen molar-refractivity contribution in [2.75, 3.05) is 30.4 Å². The molecule has 2 atom stereocenters. The Labute approximate surface area is 188 Å². The molecular weight excluding hydrogens is 406 g/mol. The van der Waals surface area contributed by atoms with E-state index in [2.05, 4.69) is 18.3 Å². The molecule has 2 aromatic carbocycles. The van der Waals surface area contributed by atoms with E-state index >= 15 is 0 Å². The molecule has 0 aromatic heterocycles. The topological polar surface area (TPSA) is 79.0 Å². The fourth-order valence-corrected chi connectivity index (χ4v) is 4.55. The van der Waals surface area contributed by atoms with E-state index in [4.69, 9.17) is 4.74 Å². The van der Waals surface area contributed by atoms with Crippen molar-refractivity contribution in [3.05, 3.63) is 59.7 Å². The van der Waals surface area contributed by atoms with Gasteiger partial charge in [-0.3, -0.25) is 14.4 Å². The summed E-state index contributed by atoms with van der Waals surface area (Å²) in [6, 6.07) is 15.6. The predicted molar refractivity (Wildman–Crippen MR) is 123 cm³/mol. The van der Waals surface area contributed by atoms with Gasteiger partial charge in [0.05, 0.1) is 19.1 Å². The second kappa shape index (κ2) is 9.02. The molecular formula is C25H29N3O4. The lowest BCUT2D eigenvalue weighted by atomic mass is 9.91. The Hall–Kier alpha value is -3.35. The molecule has 0 bridgehead atoms. The number of benzene rings is 2. The van der Waals surface area contributed by atoms with Crippen molar-refractivity contribution < 1.29 is 19.1 Å². The van der Waals surface area contributed by atoms with E-state index in [0.29, 0.717) is 25.1 Å². The summed E-state index contributed by atoms with van der Waals surface area (Å²) < 4.78 is 4.73.